The normalized spacial score (nSPS) is 12.8. The number of carbonyl (C=O) groups is 3. The van der Waals surface area contributed by atoms with E-state index < -0.39 is 86.2 Å². The summed E-state index contributed by atoms with van der Waals surface area (Å²) in [6.07, 6.45) is -0.342. The fourth-order valence-electron chi connectivity index (χ4n) is 3.63. The quantitative estimate of drug-likeness (QED) is 0.0389. The summed E-state index contributed by atoms with van der Waals surface area (Å²) in [7, 11) is -4.92. The summed E-state index contributed by atoms with van der Waals surface area (Å²) >= 11 is 8.85. The fraction of sp³-hybridized carbons (Fsp3) is 0.192. The van der Waals surface area contributed by atoms with Gasteiger partial charge in [0, 0.05) is 17.9 Å². The molecule has 0 aliphatic rings. The smallest absolute Gasteiger partial charge is 0.344 e. The van der Waals surface area contributed by atoms with Crippen molar-refractivity contribution in [1.29, 1.82) is 0 Å². The van der Waals surface area contributed by atoms with Crippen molar-refractivity contribution in [2.75, 3.05) is 13.2 Å². The SMILES string of the molecule is CCC(COC(=O)c1c(I)cc(I)cc1I)(COC(=O)c1c(F)c(F)c(F)c(F)c1F)C(=O)Oc1cc(I)c(S(=O)(=O)[O-])c(I)c1. The van der Waals surface area contributed by atoms with E-state index in [9.17, 15) is 49.3 Å². The summed E-state index contributed by atoms with van der Waals surface area (Å²) < 4.78 is 122. The number of hydrogen-bond acceptors (Lipinski definition) is 9. The average molecular weight is 1230 g/mol. The van der Waals surface area contributed by atoms with Crippen LogP contribution < -0.4 is 4.74 Å². The van der Waals surface area contributed by atoms with Crippen LogP contribution in [0.4, 0.5) is 22.0 Å². The van der Waals surface area contributed by atoms with Gasteiger partial charge < -0.3 is 18.8 Å². The lowest BCUT2D eigenvalue weighted by atomic mass is 9.87. The Morgan fingerprint density at radius 1 is 0.717 bits per heavy atom. The zero-order valence-electron chi connectivity index (χ0n) is 22.3. The molecule has 248 valence electrons. The van der Waals surface area contributed by atoms with E-state index in [1.165, 1.54) is 52.1 Å². The zero-order chi connectivity index (χ0) is 34.9. The summed E-state index contributed by atoms with van der Waals surface area (Å²) in [5.74, 6) is -16.8. The molecule has 0 fully saturated rings. The second kappa shape index (κ2) is 15.9. The lowest BCUT2D eigenvalue weighted by Crippen LogP contribution is -2.44. The van der Waals surface area contributed by atoms with Crippen LogP contribution in [-0.4, -0.2) is 44.1 Å². The minimum atomic E-state index is -4.92. The predicted molar refractivity (Wildman–Crippen MR) is 190 cm³/mol. The summed E-state index contributed by atoms with van der Waals surface area (Å²) in [6, 6.07) is 5.41. The molecule has 0 heterocycles. The molecular formula is C26H13F5I5O9S-. The molecule has 0 aromatic heterocycles. The molecule has 0 N–H and O–H groups in total. The minimum absolute atomic E-state index is 0.114. The zero-order valence-corrected chi connectivity index (χ0v) is 33.9. The van der Waals surface area contributed by atoms with Gasteiger partial charge in [0.25, 0.3) is 0 Å². The maximum Gasteiger partial charge on any atom is 0.344 e. The van der Waals surface area contributed by atoms with Crippen LogP contribution >= 0.6 is 113 Å². The van der Waals surface area contributed by atoms with Crippen molar-refractivity contribution in [3.63, 3.8) is 0 Å². The van der Waals surface area contributed by atoms with Crippen LogP contribution in [0.15, 0.2) is 29.2 Å². The van der Waals surface area contributed by atoms with Gasteiger partial charge in [-0.05, 0) is 144 Å². The Hall–Kier alpha value is -0.720. The first-order valence-electron chi connectivity index (χ1n) is 11.9. The Bertz CT molecular complexity index is 1800. The third-order valence-electron chi connectivity index (χ3n) is 6.13. The molecule has 0 saturated carbocycles. The third kappa shape index (κ3) is 8.70. The van der Waals surface area contributed by atoms with Gasteiger partial charge in [-0.3, -0.25) is 4.79 Å². The lowest BCUT2D eigenvalue weighted by Gasteiger charge is -2.29. The van der Waals surface area contributed by atoms with Gasteiger partial charge >= 0.3 is 17.9 Å². The molecule has 0 aliphatic heterocycles. The van der Waals surface area contributed by atoms with Gasteiger partial charge in [0.15, 0.2) is 23.3 Å². The predicted octanol–water partition coefficient (Wildman–Crippen LogP) is 7.33. The molecule has 46 heavy (non-hydrogen) atoms. The molecule has 0 amide bonds. The summed E-state index contributed by atoms with van der Waals surface area (Å²) in [5.41, 5.74) is -3.94. The molecule has 0 aliphatic carbocycles. The molecule has 3 rings (SSSR count). The molecule has 0 saturated heterocycles. The molecule has 20 heteroatoms. The number of benzene rings is 3. The van der Waals surface area contributed by atoms with Crippen LogP contribution in [0.3, 0.4) is 0 Å². The molecule has 0 bridgehead atoms. The van der Waals surface area contributed by atoms with Crippen LogP contribution in [0.2, 0.25) is 0 Å². The van der Waals surface area contributed by atoms with E-state index in [0.29, 0.717) is 7.14 Å². The van der Waals surface area contributed by atoms with E-state index in [4.69, 9.17) is 14.2 Å². The molecule has 9 nitrogen and oxygen atoms in total. The van der Waals surface area contributed by atoms with Crippen molar-refractivity contribution >= 4 is 141 Å². The summed E-state index contributed by atoms with van der Waals surface area (Å²) in [5, 5.41) is 0. The van der Waals surface area contributed by atoms with Crippen molar-refractivity contribution in [1.82, 2.24) is 0 Å². The molecule has 0 spiro atoms. The average Bonchev–Trinajstić information content (AvgIpc) is 2.93. The first kappa shape index (κ1) is 39.7. The van der Waals surface area contributed by atoms with Gasteiger partial charge in [-0.15, -0.1) is 0 Å². The lowest BCUT2D eigenvalue weighted by molar-refractivity contribution is -0.152. The Labute approximate surface area is 325 Å². The van der Waals surface area contributed by atoms with Crippen LogP contribution in [0.5, 0.6) is 5.75 Å². The molecular weight excluding hydrogens is 1220 g/mol. The second-order valence-electron chi connectivity index (χ2n) is 9.04. The Morgan fingerprint density at radius 2 is 1.13 bits per heavy atom. The van der Waals surface area contributed by atoms with E-state index in [0.717, 1.165) is 15.7 Å². The standard InChI is InChI=1S/C26H14F5I5O9S/c1-2-26(7-43-23(37)15-11(33)3-9(32)4-12(15)34,8-44-24(38)16-17(27)19(29)21(31)20(30)18(16)28)25(39)45-10-5-13(35)22(14(36)6-10)46(40,41)42/h3-6H,2,7-8H2,1H3,(H,40,41,42)/p-1. The highest BCUT2D eigenvalue weighted by atomic mass is 127. The fourth-order valence-corrected chi connectivity index (χ4v) is 11.6. The van der Waals surface area contributed by atoms with Crippen molar-refractivity contribution in [2.24, 2.45) is 5.41 Å². The van der Waals surface area contributed by atoms with Crippen molar-refractivity contribution in [3.05, 3.63) is 82.3 Å². The highest BCUT2D eigenvalue weighted by molar-refractivity contribution is 14.1. The maximum atomic E-state index is 14.3. The monoisotopic (exact) mass is 1230 g/mol. The molecule has 3 aromatic rings. The molecule has 1 unspecified atom stereocenters. The largest absolute Gasteiger partial charge is 0.744 e. The van der Waals surface area contributed by atoms with Gasteiger partial charge in [-0.25, -0.2) is 40.0 Å². The van der Waals surface area contributed by atoms with Gasteiger partial charge in [0.05, 0.1) is 10.5 Å². The summed E-state index contributed by atoms with van der Waals surface area (Å²) in [4.78, 5) is 38.8. The molecule has 1 atom stereocenters. The highest BCUT2D eigenvalue weighted by Crippen LogP contribution is 2.33. The Balaban J connectivity index is 2.02. The van der Waals surface area contributed by atoms with E-state index in [-0.39, 0.29) is 24.9 Å². The summed E-state index contributed by atoms with van der Waals surface area (Å²) in [6.45, 7) is -0.652. The van der Waals surface area contributed by atoms with E-state index in [2.05, 4.69) is 0 Å². The minimum Gasteiger partial charge on any atom is -0.744 e. The number of esters is 3. The number of halogens is 10. The van der Waals surface area contributed by atoms with E-state index in [1.54, 1.807) is 12.1 Å². The van der Waals surface area contributed by atoms with E-state index >= 15 is 0 Å². The first-order valence-corrected chi connectivity index (χ1v) is 18.7. The highest BCUT2D eigenvalue weighted by Gasteiger charge is 2.43. The Morgan fingerprint density at radius 3 is 1.54 bits per heavy atom. The van der Waals surface area contributed by atoms with E-state index in [1.807, 2.05) is 67.8 Å². The molecule has 3 aromatic carbocycles. The van der Waals surface area contributed by atoms with Crippen LogP contribution in [0.1, 0.15) is 34.1 Å². The van der Waals surface area contributed by atoms with Crippen LogP contribution in [0.25, 0.3) is 0 Å². The number of carbonyl (C=O) groups excluding carboxylic acids is 3. The first-order chi connectivity index (χ1) is 21.2. The van der Waals surface area contributed by atoms with Gasteiger partial charge in [-0.2, -0.15) is 0 Å². The third-order valence-corrected chi connectivity index (χ3v) is 11.8. The number of ether oxygens (including phenoxy) is 3. The second-order valence-corrected chi connectivity index (χ2v) is 16.2. The number of hydrogen-bond donors (Lipinski definition) is 0. The Kier molecular flexibility index (Phi) is 13.7. The van der Waals surface area contributed by atoms with Crippen LogP contribution in [0, 0.1) is 52.4 Å². The number of rotatable bonds is 10. The van der Waals surface area contributed by atoms with Crippen molar-refractivity contribution in [2.45, 2.75) is 18.2 Å². The van der Waals surface area contributed by atoms with Gasteiger partial charge in [0.1, 0.15) is 40.1 Å². The van der Waals surface area contributed by atoms with Crippen LogP contribution in [-0.2, 0) is 24.4 Å². The maximum absolute atomic E-state index is 14.3. The van der Waals surface area contributed by atoms with Crippen molar-refractivity contribution < 1.29 is 63.5 Å². The molecule has 0 radical (unpaired) electrons. The van der Waals surface area contributed by atoms with Gasteiger partial charge in [0.2, 0.25) is 5.82 Å². The van der Waals surface area contributed by atoms with Gasteiger partial charge in [-0.1, -0.05) is 6.92 Å². The van der Waals surface area contributed by atoms with Crippen molar-refractivity contribution in [3.8, 4) is 5.75 Å². The topological polar surface area (TPSA) is 136 Å².